The molecule has 124 valence electrons. The van der Waals surface area contributed by atoms with E-state index in [1.54, 1.807) is 0 Å². The Balaban J connectivity index is 0.000000384. The molecule has 0 aromatic heterocycles. The van der Waals surface area contributed by atoms with Gasteiger partial charge in [0.1, 0.15) is 0 Å². The van der Waals surface area contributed by atoms with Gasteiger partial charge in [-0.25, -0.2) is 0 Å². The van der Waals surface area contributed by atoms with Crippen LogP contribution >= 0.6 is 0 Å². The van der Waals surface area contributed by atoms with Gasteiger partial charge in [-0.1, -0.05) is 32.6 Å². The standard InChI is InChI=1S/C8H15NO2.C8H16O2/c9-5-6-1-3-7(4-2-6)8(10)11;1-2-3-4-5-6-7-8(9)10/h6-7H,1-5,9H2,(H,10,11);2-7H2,1H3,(H,9,10). The monoisotopic (exact) mass is 301 g/mol. The summed E-state index contributed by atoms with van der Waals surface area (Å²) in [4.78, 5) is 20.6. The summed E-state index contributed by atoms with van der Waals surface area (Å²) in [6.07, 6.45) is 9.50. The van der Waals surface area contributed by atoms with Gasteiger partial charge in [0.05, 0.1) is 5.92 Å². The molecule has 0 unspecified atom stereocenters. The highest BCUT2D eigenvalue weighted by molar-refractivity contribution is 5.70. The van der Waals surface area contributed by atoms with Gasteiger partial charge in [0.2, 0.25) is 0 Å². The van der Waals surface area contributed by atoms with Gasteiger partial charge in [-0.05, 0) is 44.6 Å². The third-order valence-electron chi connectivity index (χ3n) is 4.02. The topological polar surface area (TPSA) is 101 Å². The van der Waals surface area contributed by atoms with Crippen LogP contribution in [0.1, 0.15) is 71.1 Å². The van der Waals surface area contributed by atoms with Gasteiger partial charge in [-0.3, -0.25) is 9.59 Å². The Hall–Kier alpha value is -1.10. The van der Waals surface area contributed by atoms with E-state index in [0.717, 1.165) is 38.5 Å². The lowest BCUT2D eigenvalue weighted by molar-refractivity contribution is -0.143. The van der Waals surface area contributed by atoms with Crippen molar-refractivity contribution in [3.8, 4) is 0 Å². The highest BCUT2D eigenvalue weighted by Gasteiger charge is 2.24. The molecule has 21 heavy (non-hydrogen) atoms. The van der Waals surface area contributed by atoms with Crippen LogP contribution < -0.4 is 5.73 Å². The molecule has 0 aliphatic heterocycles. The average molecular weight is 301 g/mol. The van der Waals surface area contributed by atoms with E-state index in [-0.39, 0.29) is 5.92 Å². The van der Waals surface area contributed by atoms with Crippen LogP contribution in [0.5, 0.6) is 0 Å². The first-order chi connectivity index (χ1) is 10.0. The summed E-state index contributed by atoms with van der Waals surface area (Å²) in [7, 11) is 0. The van der Waals surface area contributed by atoms with Gasteiger partial charge in [-0.2, -0.15) is 0 Å². The van der Waals surface area contributed by atoms with Gasteiger partial charge in [-0.15, -0.1) is 0 Å². The Labute approximate surface area is 127 Å². The number of carbonyl (C=O) groups is 2. The second-order valence-electron chi connectivity index (χ2n) is 5.85. The maximum atomic E-state index is 10.5. The molecule has 0 radical (unpaired) electrons. The first-order valence-corrected chi connectivity index (χ1v) is 8.15. The summed E-state index contributed by atoms with van der Waals surface area (Å²) in [5.74, 6) is -0.833. The molecule has 0 saturated heterocycles. The van der Waals surface area contributed by atoms with E-state index in [2.05, 4.69) is 6.92 Å². The minimum atomic E-state index is -0.670. The minimum Gasteiger partial charge on any atom is -0.481 e. The highest BCUT2D eigenvalue weighted by Crippen LogP contribution is 2.27. The number of hydrogen-bond acceptors (Lipinski definition) is 3. The summed E-state index contributed by atoms with van der Waals surface area (Å²) >= 11 is 0. The molecule has 4 N–H and O–H groups in total. The first kappa shape index (κ1) is 19.9. The molecule has 1 aliphatic rings. The van der Waals surface area contributed by atoms with Crippen LogP contribution in [0.3, 0.4) is 0 Å². The predicted molar refractivity (Wildman–Crippen MR) is 83.2 cm³/mol. The number of aliphatic carboxylic acids is 2. The quantitative estimate of drug-likeness (QED) is 0.597. The number of carboxylic acids is 2. The second kappa shape index (κ2) is 12.6. The van der Waals surface area contributed by atoms with Crippen LogP contribution in [0.25, 0.3) is 0 Å². The van der Waals surface area contributed by atoms with Crippen LogP contribution in [0, 0.1) is 11.8 Å². The number of carboxylic acid groups (broad SMARTS) is 2. The fourth-order valence-electron chi connectivity index (χ4n) is 2.52. The molecular weight excluding hydrogens is 270 g/mol. The highest BCUT2D eigenvalue weighted by atomic mass is 16.4. The SMILES string of the molecule is CCCCCCCC(=O)O.NCC1CCC(C(=O)O)CC1. The van der Waals surface area contributed by atoms with Crippen molar-refractivity contribution in [3.63, 3.8) is 0 Å². The molecule has 0 amide bonds. The van der Waals surface area contributed by atoms with Gasteiger partial charge in [0.25, 0.3) is 0 Å². The minimum absolute atomic E-state index is 0.0993. The largest absolute Gasteiger partial charge is 0.481 e. The molecule has 0 atom stereocenters. The van der Waals surface area contributed by atoms with Gasteiger partial charge >= 0.3 is 11.9 Å². The maximum Gasteiger partial charge on any atom is 0.306 e. The fraction of sp³-hybridized carbons (Fsp3) is 0.875. The number of unbranched alkanes of at least 4 members (excludes halogenated alkanes) is 4. The Morgan fingerprint density at radius 3 is 2.00 bits per heavy atom. The number of nitrogens with two attached hydrogens (primary N) is 1. The average Bonchev–Trinajstić information content (AvgIpc) is 2.47. The first-order valence-electron chi connectivity index (χ1n) is 8.15. The van der Waals surface area contributed by atoms with E-state index in [0.29, 0.717) is 18.9 Å². The molecular formula is C16H31NO4. The molecule has 0 spiro atoms. The Kier molecular flexibility index (Phi) is 12.0. The third-order valence-corrected chi connectivity index (χ3v) is 4.02. The summed E-state index contributed by atoms with van der Waals surface area (Å²) in [5, 5.41) is 16.9. The summed E-state index contributed by atoms with van der Waals surface area (Å²) in [6.45, 7) is 2.86. The smallest absolute Gasteiger partial charge is 0.306 e. The van der Waals surface area contributed by atoms with Crippen LogP contribution in [-0.4, -0.2) is 28.7 Å². The van der Waals surface area contributed by atoms with Crippen molar-refractivity contribution in [3.05, 3.63) is 0 Å². The summed E-state index contributed by atoms with van der Waals surface area (Å²) in [6, 6.07) is 0. The molecule has 5 nitrogen and oxygen atoms in total. The fourth-order valence-corrected chi connectivity index (χ4v) is 2.52. The van der Waals surface area contributed by atoms with E-state index in [9.17, 15) is 9.59 Å². The Morgan fingerprint density at radius 2 is 1.57 bits per heavy atom. The summed E-state index contributed by atoms with van der Waals surface area (Å²) in [5.41, 5.74) is 5.48. The zero-order chi connectivity index (χ0) is 16.1. The van der Waals surface area contributed by atoms with Crippen molar-refractivity contribution in [2.75, 3.05) is 6.54 Å². The lowest BCUT2D eigenvalue weighted by Crippen LogP contribution is -2.25. The number of rotatable bonds is 8. The van der Waals surface area contributed by atoms with Crippen molar-refractivity contribution >= 4 is 11.9 Å². The van der Waals surface area contributed by atoms with Crippen LogP contribution in [0.2, 0.25) is 0 Å². The molecule has 0 bridgehead atoms. The lowest BCUT2D eigenvalue weighted by atomic mass is 9.82. The molecule has 0 aromatic rings. The number of hydrogen-bond donors (Lipinski definition) is 3. The molecule has 0 heterocycles. The van der Waals surface area contributed by atoms with E-state index in [4.69, 9.17) is 15.9 Å². The van der Waals surface area contributed by atoms with E-state index in [1.807, 2.05) is 0 Å². The summed E-state index contributed by atoms with van der Waals surface area (Å²) < 4.78 is 0. The molecule has 0 aromatic carbocycles. The zero-order valence-corrected chi connectivity index (χ0v) is 13.2. The van der Waals surface area contributed by atoms with Crippen molar-refractivity contribution < 1.29 is 19.8 Å². The van der Waals surface area contributed by atoms with Crippen molar-refractivity contribution in [1.29, 1.82) is 0 Å². The van der Waals surface area contributed by atoms with E-state index in [1.165, 1.54) is 19.3 Å². The maximum absolute atomic E-state index is 10.5. The molecule has 1 fully saturated rings. The Bertz CT molecular complexity index is 286. The lowest BCUT2D eigenvalue weighted by Gasteiger charge is -2.24. The normalized spacial score (nSPS) is 21.2. The van der Waals surface area contributed by atoms with Crippen LogP contribution in [0.15, 0.2) is 0 Å². The van der Waals surface area contributed by atoms with Crippen LogP contribution in [0.4, 0.5) is 0 Å². The van der Waals surface area contributed by atoms with Crippen molar-refractivity contribution in [2.24, 2.45) is 17.6 Å². The van der Waals surface area contributed by atoms with Crippen molar-refractivity contribution in [1.82, 2.24) is 0 Å². The molecule has 5 heteroatoms. The van der Waals surface area contributed by atoms with E-state index >= 15 is 0 Å². The zero-order valence-electron chi connectivity index (χ0n) is 13.2. The van der Waals surface area contributed by atoms with Crippen molar-refractivity contribution in [2.45, 2.75) is 71.1 Å². The third kappa shape index (κ3) is 11.3. The van der Waals surface area contributed by atoms with Gasteiger partial charge in [0, 0.05) is 6.42 Å². The van der Waals surface area contributed by atoms with E-state index < -0.39 is 11.9 Å². The Morgan fingerprint density at radius 1 is 1.00 bits per heavy atom. The molecule has 1 saturated carbocycles. The van der Waals surface area contributed by atoms with Crippen LogP contribution in [-0.2, 0) is 9.59 Å². The second-order valence-corrected chi connectivity index (χ2v) is 5.85. The predicted octanol–water partition coefficient (Wildman–Crippen LogP) is 3.27. The van der Waals surface area contributed by atoms with Gasteiger partial charge < -0.3 is 15.9 Å². The van der Waals surface area contributed by atoms with Gasteiger partial charge in [0.15, 0.2) is 0 Å². The molecule has 1 aliphatic carbocycles. The molecule has 1 rings (SSSR count).